The van der Waals surface area contributed by atoms with E-state index in [0.717, 1.165) is 35.9 Å². The molecule has 2 aromatic rings. The van der Waals surface area contributed by atoms with Crippen LogP contribution in [-0.4, -0.2) is 39.4 Å². The highest BCUT2D eigenvalue weighted by molar-refractivity contribution is 5.99. The Morgan fingerprint density at radius 1 is 1.24 bits per heavy atom. The van der Waals surface area contributed by atoms with Crippen LogP contribution in [0.3, 0.4) is 0 Å². The van der Waals surface area contributed by atoms with E-state index in [-0.39, 0.29) is 29.8 Å². The fourth-order valence-corrected chi connectivity index (χ4v) is 4.47. The third-order valence-electron chi connectivity index (χ3n) is 6.03. The molecule has 1 saturated heterocycles. The zero-order valence-electron chi connectivity index (χ0n) is 16.3. The van der Waals surface area contributed by atoms with Crippen LogP contribution in [0.2, 0.25) is 0 Å². The molecule has 3 atom stereocenters. The molecule has 29 heavy (non-hydrogen) atoms. The minimum atomic E-state index is -4.45. The number of nitrogens with zero attached hydrogens (tertiary/aromatic N) is 3. The van der Waals surface area contributed by atoms with Gasteiger partial charge in [0.2, 0.25) is 0 Å². The molecule has 3 unspecified atom stereocenters. The summed E-state index contributed by atoms with van der Waals surface area (Å²) in [5.74, 6) is -0.0715. The lowest BCUT2D eigenvalue weighted by Gasteiger charge is -2.37. The van der Waals surface area contributed by atoms with Gasteiger partial charge >= 0.3 is 6.18 Å². The molecular formula is C21H25F3N4O. The second kappa shape index (κ2) is 7.72. The first-order valence-corrected chi connectivity index (χ1v) is 10.2. The Balaban J connectivity index is 1.71. The number of alkyl halides is 3. The summed E-state index contributed by atoms with van der Waals surface area (Å²) in [6.45, 7) is 2.67. The highest BCUT2D eigenvalue weighted by atomic mass is 19.4. The molecule has 8 heteroatoms. The number of carbonyl (C=O) groups excluding carboxylic acids is 1. The Hall–Kier alpha value is -2.51. The van der Waals surface area contributed by atoms with Gasteiger partial charge in [-0.3, -0.25) is 4.79 Å². The number of likely N-dealkylation sites (tertiary alicyclic amines) is 1. The van der Waals surface area contributed by atoms with E-state index in [1.165, 1.54) is 6.20 Å². The van der Waals surface area contributed by atoms with Crippen molar-refractivity contribution in [2.75, 3.05) is 11.9 Å². The molecule has 0 saturated carbocycles. The van der Waals surface area contributed by atoms with Crippen LogP contribution in [0, 0.1) is 0 Å². The number of amides is 1. The summed E-state index contributed by atoms with van der Waals surface area (Å²) in [6.07, 6.45) is 0.412. The molecule has 3 heterocycles. The lowest BCUT2D eigenvalue weighted by molar-refractivity contribution is -0.173. The normalized spacial score (nSPS) is 24.7. The molecule has 1 amide bonds. The SMILES string of the molecule is CCC1CCCCN1C(=O)c1cnn2c1NC(c1ccccc1)CC2C(F)(F)F. The predicted molar refractivity (Wildman–Crippen MR) is 104 cm³/mol. The van der Waals surface area contributed by atoms with Crippen LogP contribution in [0.1, 0.15) is 67.0 Å². The van der Waals surface area contributed by atoms with Gasteiger partial charge in [-0.1, -0.05) is 37.3 Å². The van der Waals surface area contributed by atoms with Crippen molar-refractivity contribution in [2.24, 2.45) is 0 Å². The van der Waals surface area contributed by atoms with Crippen molar-refractivity contribution in [2.45, 2.75) is 63.3 Å². The highest BCUT2D eigenvalue weighted by Crippen LogP contribution is 2.44. The van der Waals surface area contributed by atoms with Crippen LogP contribution in [0.15, 0.2) is 36.5 Å². The van der Waals surface area contributed by atoms with E-state index in [1.807, 2.05) is 13.0 Å². The molecule has 4 rings (SSSR count). The monoisotopic (exact) mass is 406 g/mol. The summed E-state index contributed by atoms with van der Waals surface area (Å²) in [5.41, 5.74) is 0.984. The molecule has 1 aromatic heterocycles. The van der Waals surface area contributed by atoms with Gasteiger partial charge in [0.05, 0.1) is 12.2 Å². The summed E-state index contributed by atoms with van der Waals surface area (Å²) in [5, 5.41) is 7.16. The Kier molecular flexibility index (Phi) is 5.27. The van der Waals surface area contributed by atoms with Gasteiger partial charge in [-0.2, -0.15) is 18.3 Å². The molecule has 5 nitrogen and oxygen atoms in total. The van der Waals surface area contributed by atoms with Crippen LogP contribution in [0.5, 0.6) is 0 Å². The number of fused-ring (bicyclic) bond motifs is 1. The number of nitrogens with one attached hydrogen (secondary N) is 1. The van der Waals surface area contributed by atoms with Crippen molar-refractivity contribution in [1.82, 2.24) is 14.7 Å². The van der Waals surface area contributed by atoms with Crippen LogP contribution in [-0.2, 0) is 0 Å². The van der Waals surface area contributed by atoms with Gasteiger partial charge in [0.15, 0.2) is 6.04 Å². The molecule has 0 aliphatic carbocycles. The Morgan fingerprint density at radius 2 is 2.00 bits per heavy atom. The number of piperidine rings is 1. The number of carbonyl (C=O) groups is 1. The van der Waals surface area contributed by atoms with Gasteiger partial charge in [0.25, 0.3) is 5.91 Å². The minimum absolute atomic E-state index is 0.124. The number of halogens is 3. The predicted octanol–water partition coefficient (Wildman–Crippen LogP) is 4.95. The smallest absolute Gasteiger partial charge is 0.363 e. The average molecular weight is 406 g/mol. The van der Waals surface area contributed by atoms with Crippen molar-refractivity contribution >= 4 is 11.7 Å². The van der Waals surface area contributed by atoms with Gasteiger partial charge in [0, 0.05) is 19.0 Å². The van der Waals surface area contributed by atoms with Gasteiger partial charge in [-0.15, -0.1) is 0 Å². The van der Waals surface area contributed by atoms with E-state index in [1.54, 1.807) is 29.2 Å². The zero-order chi connectivity index (χ0) is 20.6. The van der Waals surface area contributed by atoms with Gasteiger partial charge in [0.1, 0.15) is 11.4 Å². The molecule has 0 radical (unpaired) electrons. The van der Waals surface area contributed by atoms with Crippen LogP contribution in [0.4, 0.5) is 19.0 Å². The maximum absolute atomic E-state index is 13.8. The van der Waals surface area contributed by atoms with Gasteiger partial charge in [-0.25, -0.2) is 4.68 Å². The second-order valence-corrected chi connectivity index (χ2v) is 7.81. The summed E-state index contributed by atoms with van der Waals surface area (Å²) < 4.78 is 42.4. The van der Waals surface area contributed by atoms with E-state index >= 15 is 0 Å². The summed E-state index contributed by atoms with van der Waals surface area (Å²) >= 11 is 0. The number of anilines is 1. The molecular weight excluding hydrogens is 381 g/mol. The van der Waals surface area contributed by atoms with E-state index in [4.69, 9.17) is 0 Å². The first-order valence-electron chi connectivity index (χ1n) is 10.2. The number of rotatable bonds is 3. The Labute approximate surface area is 167 Å². The maximum Gasteiger partial charge on any atom is 0.410 e. The summed E-state index contributed by atoms with van der Waals surface area (Å²) in [4.78, 5) is 15.1. The lowest BCUT2D eigenvalue weighted by atomic mass is 9.96. The third-order valence-corrected chi connectivity index (χ3v) is 6.03. The van der Waals surface area contributed by atoms with E-state index in [9.17, 15) is 18.0 Å². The van der Waals surface area contributed by atoms with Crippen molar-refractivity contribution < 1.29 is 18.0 Å². The van der Waals surface area contributed by atoms with E-state index < -0.39 is 18.3 Å². The van der Waals surface area contributed by atoms with Crippen molar-refractivity contribution in [3.63, 3.8) is 0 Å². The topological polar surface area (TPSA) is 50.2 Å². The van der Waals surface area contributed by atoms with Gasteiger partial charge in [-0.05, 0) is 31.2 Å². The standard InChI is InChI=1S/C21H25F3N4O/c1-2-15-10-6-7-11-27(15)20(29)16-13-25-28-18(21(22,23)24)12-17(26-19(16)28)14-8-4-3-5-9-14/h3-5,8-9,13,15,17-18,26H,2,6-7,10-12H2,1H3. The Morgan fingerprint density at radius 3 is 2.69 bits per heavy atom. The molecule has 156 valence electrons. The molecule has 0 bridgehead atoms. The fraction of sp³-hybridized carbons (Fsp3) is 0.524. The molecule has 2 aliphatic rings. The van der Waals surface area contributed by atoms with E-state index in [2.05, 4.69) is 10.4 Å². The first-order chi connectivity index (χ1) is 13.9. The minimum Gasteiger partial charge on any atom is -0.363 e. The number of benzene rings is 1. The van der Waals surface area contributed by atoms with Crippen molar-refractivity contribution in [3.8, 4) is 0 Å². The molecule has 1 aromatic carbocycles. The van der Waals surface area contributed by atoms with Crippen LogP contribution in [0.25, 0.3) is 0 Å². The highest BCUT2D eigenvalue weighted by Gasteiger charge is 2.47. The maximum atomic E-state index is 13.8. The quantitative estimate of drug-likeness (QED) is 0.785. The number of aromatic nitrogens is 2. The lowest BCUT2D eigenvalue weighted by Crippen LogP contribution is -2.44. The van der Waals surface area contributed by atoms with Crippen molar-refractivity contribution in [3.05, 3.63) is 47.7 Å². The second-order valence-electron chi connectivity index (χ2n) is 7.81. The van der Waals surface area contributed by atoms with Gasteiger partial charge < -0.3 is 10.2 Å². The molecule has 1 N–H and O–H groups in total. The fourth-order valence-electron chi connectivity index (χ4n) is 4.47. The molecule has 2 aliphatic heterocycles. The van der Waals surface area contributed by atoms with E-state index in [0.29, 0.717) is 6.54 Å². The Bertz CT molecular complexity index is 865. The number of hydrogen-bond acceptors (Lipinski definition) is 3. The third kappa shape index (κ3) is 3.72. The van der Waals surface area contributed by atoms with Crippen molar-refractivity contribution in [1.29, 1.82) is 0 Å². The molecule has 1 fully saturated rings. The first kappa shape index (κ1) is 19.8. The summed E-state index contributed by atoms with van der Waals surface area (Å²) in [6, 6.07) is 6.85. The number of hydrogen-bond donors (Lipinski definition) is 1. The van der Waals surface area contributed by atoms with Crippen LogP contribution >= 0.6 is 0 Å². The average Bonchev–Trinajstić information content (AvgIpc) is 3.16. The molecule has 0 spiro atoms. The summed E-state index contributed by atoms with van der Waals surface area (Å²) in [7, 11) is 0. The zero-order valence-corrected chi connectivity index (χ0v) is 16.3. The largest absolute Gasteiger partial charge is 0.410 e. The van der Waals surface area contributed by atoms with Crippen LogP contribution < -0.4 is 5.32 Å².